The maximum absolute atomic E-state index is 12.8. The highest BCUT2D eigenvalue weighted by Crippen LogP contribution is 2.51. The van der Waals surface area contributed by atoms with Crippen molar-refractivity contribution in [3.8, 4) is 0 Å². The Balaban J connectivity index is 1.72. The first-order chi connectivity index (χ1) is 12.4. The lowest BCUT2D eigenvalue weighted by Crippen LogP contribution is -2.52. The highest BCUT2D eigenvalue weighted by atomic mass is 32.2. The first-order valence-electron chi connectivity index (χ1n) is 9.99. The van der Waals surface area contributed by atoms with Gasteiger partial charge in [-0.25, -0.2) is 0 Å². The van der Waals surface area contributed by atoms with E-state index < -0.39 is 18.5 Å². The van der Waals surface area contributed by atoms with Crippen molar-refractivity contribution in [3.63, 3.8) is 0 Å². The molecule has 4 atom stereocenters. The molecule has 150 valence electrons. The molecule has 1 aliphatic carbocycles. The number of rotatable bonds is 6. The van der Waals surface area contributed by atoms with Gasteiger partial charge in [-0.15, -0.1) is 4.72 Å². The van der Waals surface area contributed by atoms with Crippen LogP contribution in [-0.2, 0) is 20.7 Å². The molecule has 3 rings (SSSR count). The predicted molar refractivity (Wildman–Crippen MR) is 113 cm³/mol. The van der Waals surface area contributed by atoms with Crippen molar-refractivity contribution >= 4 is 18.5 Å². The van der Waals surface area contributed by atoms with E-state index >= 15 is 0 Å². The third-order valence-corrected chi connectivity index (χ3v) is 7.75. The average Bonchev–Trinajstić information content (AvgIpc) is 3.27. The fourth-order valence-corrected chi connectivity index (χ4v) is 4.36. The van der Waals surface area contributed by atoms with Crippen LogP contribution in [-0.4, -0.2) is 33.6 Å². The van der Waals surface area contributed by atoms with Gasteiger partial charge in [0.25, 0.3) is 0 Å². The van der Waals surface area contributed by atoms with Gasteiger partial charge in [-0.1, -0.05) is 30.3 Å². The van der Waals surface area contributed by atoms with Crippen LogP contribution in [0.5, 0.6) is 0 Å². The van der Waals surface area contributed by atoms with Crippen molar-refractivity contribution in [2.75, 3.05) is 0 Å². The van der Waals surface area contributed by atoms with Gasteiger partial charge in [0, 0.05) is 11.4 Å². The third kappa shape index (κ3) is 4.73. The average molecular weight is 391 g/mol. The van der Waals surface area contributed by atoms with Crippen molar-refractivity contribution in [2.24, 2.45) is 5.92 Å². The van der Waals surface area contributed by atoms with Gasteiger partial charge in [-0.2, -0.15) is 0 Å². The topological polar surface area (TPSA) is 53.5 Å². The van der Waals surface area contributed by atoms with Gasteiger partial charge < -0.3 is 13.9 Å². The molecule has 0 unspecified atom stereocenters. The molecule has 1 aromatic rings. The second-order valence-electron chi connectivity index (χ2n) is 9.98. The van der Waals surface area contributed by atoms with Gasteiger partial charge in [0.2, 0.25) is 0 Å². The smallest absolute Gasteiger partial charge is 0.480 e. The van der Waals surface area contributed by atoms with Crippen LogP contribution in [0.15, 0.2) is 30.3 Å². The number of nitrogens with one attached hydrogen (secondary N) is 1. The molecule has 1 heterocycles. The minimum Gasteiger partial charge on any atom is -0.598 e. The molecular formula is C21H34BNO3S. The number of hydrogen-bond donors (Lipinski definition) is 1. The van der Waals surface area contributed by atoms with Crippen LogP contribution in [0.3, 0.4) is 0 Å². The summed E-state index contributed by atoms with van der Waals surface area (Å²) in [5.41, 5.74) is 0.624. The minimum absolute atomic E-state index is 0.0928. The summed E-state index contributed by atoms with van der Waals surface area (Å²) in [4.78, 5) is 0. The van der Waals surface area contributed by atoms with Crippen molar-refractivity contribution in [2.45, 2.75) is 89.1 Å². The van der Waals surface area contributed by atoms with Gasteiger partial charge >= 0.3 is 7.12 Å². The molecule has 0 amide bonds. The number of benzene rings is 1. The molecule has 1 aliphatic heterocycles. The third-order valence-electron chi connectivity index (χ3n) is 6.12. The Bertz CT molecular complexity index is 631. The first kappa shape index (κ1) is 21.2. The Morgan fingerprint density at radius 3 is 2.22 bits per heavy atom. The monoisotopic (exact) mass is 391 g/mol. The molecule has 4 nitrogen and oxygen atoms in total. The molecule has 2 fully saturated rings. The molecule has 1 saturated carbocycles. The molecule has 6 heteroatoms. The zero-order valence-electron chi connectivity index (χ0n) is 17.7. The summed E-state index contributed by atoms with van der Waals surface area (Å²) in [6, 6.07) is 10.7. The summed E-state index contributed by atoms with van der Waals surface area (Å²) in [5.74, 6) is 1.06. The minimum atomic E-state index is -1.17. The van der Waals surface area contributed by atoms with Gasteiger partial charge in [-0.3, -0.25) is 0 Å². The Morgan fingerprint density at radius 1 is 1.15 bits per heavy atom. The van der Waals surface area contributed by atoms with E-state index in [1.807, 2.05) is 20.8 Å². The summed E-state index contributed by atoms with van der Waals surface area (Å²) in [5, 5.41) is 0. The fraction of sp³-hybridized carbons (Fsp3) is 0.714. The van der Waals surface area contributed by atoms with E-state index in [4.69, 9.17) is 9.31 Å². The largest absolute Gasteiger partial charge is 0.598 e. The lowest BCUT2D eigenvalue weighted by atomic mass is 9.75. The second-order valence-corrected chi connectivity index (χ2v) is 12.0. The van der Waals surface area contributed by atoms with E-state index in [0.717, 1.165) is 6.42 Å². The molecule has 0 spiro atoms. The molecule has 1 N–H and O–H groups in total. The summed E-state index contributed by atoms with van der Waals surface area (Å²) in [7, 11) is -0.390. The molecule has 0 aromatic heterocycles. The Labute approximate surface area is 168 Å². The van der Waals surface area contributed by atoms with E-state index in [-0.39, 0.29) is 21.9 Å². The van der Waals surface area contributed by atoms with E-state index in [9.17, 15) is 4.55 Å². The van der Waals surface area contributed by atoms with E-state index in [0.29, 0.717) is 11.8 Å². The zero-order valence-corrected chi connectivity index (χ0v) is 18.6. The van der Waals surface area contributed by atoms with Crippen LogP contribution in [0.25, 0.3) is 0 Å². The molecule has 1 saturated heterocycles. The SMILES string of the molecule is CC(C)(C)[S@@+]([O-])N[C@@H](C[C@@H]1C[C@H]1c1ccccc1)B1OC(C)(C)C(C)(C)O1. The van der Waals surface area contributed by atoms with Crippen LogP contribution >= 0.6 is 0 Å². The van der Waals surface area contributed by atoms with Gasteiger partial charge in [0.15, 0.2) is 0 Å². The highest BCUT2D eigenvalue weighted by Gasteiger charge is 2.56. The molecule has 0 radical (unpaired) electrons. The predicted octanol–water partition coefficient (Wildman–Crippen LogP) is 4.23. The summed E-state index contributed by atoms with van der Waals surface area (Å²) < 4.78 is 28.4. The standard InChI is InChI=1S/C21H34BNO3S/c1-19(2,3)27(24)23-18(22-25-20(4,5)21(6,7)26-22)14-16-13-17(16)15-11-9-8-10-12-15/h8-12,16-18,23H,13-14H2,1-7H3/t16-,17-,18-,27+/m0/s1. The molecule has 1 aromatic carbocycles. The molecule has 2 aliphatic rings. The molecule has 0 bridgehead atoms. The van der Waals surface area contributed by atoms with Crippen molar-refractivity contribution in [1.29, 1.82) is 0 Å². The van der Waals surface area contributed by atoms with Gasteiger partial charge in [0.1, 0.15) is 4.75 Å². The Kier molecular flexibility index (Phi) is 5.79. The Morgan fingerprint density at radius 2 is 1.70 bits per heavy atom. The van der Waals surface area contributed by atoms with Crippen molar-refractivity contribution in [3.05, 3.63) is 35.9 Å². The maximum Gasteiger partial charge on any atom is 0.480 e. The summed E-state index contributed by atoms with van der Waals surface area (Å²) >= 11 is -1.17. The highest BCUT2D eigenvalue weighted by molar-refractivity contribution is 7.90. The van der Waals surface area contributed by atoms with E-state index in [1.54, 1.807) is 0 Å². The van der Waals surface area contributed by atoms with Gasteiger partial charge in [0.05, 0.1) is 17.1 Å². The first-order valence-corrected chi connectivity index (χ1v) is 11.1. The van der Waals surface area contributed by atoms with E-state index in [1.165, 1.54) is 12.0 Å². The quantitative estimate of drug-likeness (QED) is 0.582. The van der Waals surface area contributed by atoms with Crippen molar-refractivity contribution in [1.82, 2.24) is 4.72 Å². The normalized spacial score (nSPS) is 28.8. The van der Waals surface area contributed by atoms with Crippen LogP contribution in [0.2, 0.25) is 0 Å². The second kappa shape index (κ2) is 7.38. The molecule has 27 heavy (non-hydrogen) atoms. The lowest BCUT2D eigenvalue weighted by molar-refractivity contribution is 0.00578. The number of hydrogen-bond acceptors (Lipinski definition) is 4. The summed E-state index contributed by atoms with van der Waals surface area (Å²) in [6.07, 6.45) is 2.07. The van der Waals surface area contributed by atoms with Crippen molar-refractivity contribution < 1.29 is 13.9 Å². The lowest BCUT2D eigenvalue weighted by Gasteiger charge is -2.32. The zero-order chi connectivity index (χ0) is 20.0. The molecular weight excluding hydrogens is 357 g/mol. The fourth-order valence-electron chi connectivity index (χ4n) is 3.52. The van der Waals surface area contributed by atoms with Crippen LogP contribution in [0, 0.1) is 5.92 Å². The van der Waals surface area contributed by atoms with Crippen LogP contribution < -0.4 is 4.72 Å². The van der Waals surface area contributed by atoms with Crippen LogP contribution in [0.1, 0.15) is 72.8 Å². The van der Waals surface area contributed by atoms with Crippen LogP contribution in [0.4, 0.5) is 0 Å². The van der Waals surface area contributed by atoms with E-state index in [2.05, 4.69) is 62.7 Å². The van der Waals surface area contributed by atoms with Gasteiger partial charge in [-0.05, 0) is 78.7 Å². The Hall–Kier alpha value is -0.525. The maximum atomic E-state index is 12.8. The summed E-state index contributed by atoms with van der Waals surface area (Å²) in [6.45, 7) is 14.2.